The van der Waals surface area contributed by atoms with Gasteiger partial charge < -0.3 is 5.11 Å². The van der Waals surface area contributed by atoms with Gasteiger partial charge in [0.1, 0.15) is 0 Å². The van der Waals surface area contributed by atoms with E-state index in [9.17, 15) is 0 Å². The maximum absolute atomic E-state index is 8.72. The predicted octanol–water partition coefficient (Wildman–Crippen LogP) is 0.564. The van der Waals surface area contributed by atoms with Crippen molar-refractivity contribution in [1.82, 2.24) is 5.43 Å². The van der Waals surface area contributed by atoms with Crippen LogP contribution in [0.15, 0.2) is 24.3 Å². The number of aliphatic hydroxyl groups excluding tert-OH is 1. The molecule has 4 heteroatoms. The highest BCUT2D eigenvalue weighted by atomic mass is 35.5. The Morgan fingerprint density at radius 3 is 2.08 bits per heavy atom. The van der Waals surface area contributed by atoms with Crippen LogP contribution in [0, 0.1) is 0 Å². The molecule has 0 bridgehead atoms. The maximum atomic E-state index is 8.72. The van der Waals surface area contributed by atoms with Gasteiger partial charge >= 0.3 is 0 Å². The molecule has 0 saturated heterocycles. The summed E-state index contributed by atoms with van der Waals surface area (Å²) in [6.45, 7) is 0.752. The highest BCUT2D eigenvalue weighted by molar-refractivity contribution is 5.85. The van der Waals surface area contributed by atoms with Crippen molar-refractivity contribution < 1.29 is 5.11 Å². The van der Waals surface area contributed by atoms with E-state index < -0.39 is 0 Å². The number of nitrogens with one attached hydrogen (secondary N) is 1. The molecule has 68 valence electrons. The Kier molecular flexibility index (Phi) is 5.66. The SMILES string of the molecule is Cl.NNCc1ccc(CO)cc1. The molecule has 12 heavy (non-hydrogen) atoms. The molecule has 4 N–H and O–H groups in total. The van der Waals surface area contributed by atoms with Crippen molar-refractivity contribution in [1.29, 1.82) is 0 Å². The second-order valence-electron chi connectivity index (χ2n) is 2.36. The third kappa shape index (κ3) is 3.19. The summed E-state index contributed by atoms with van der Waals surface area (Å²) >= 11 is 0. The zero-order valence-electron chi connectivity index (χ0n) is 6.66. The van der Waals surface area contributed by atoms with E-state index in [1.165, 1.54) is 0 Å². The van der Waals surface area contributed by atoms with Crippen molar-refractivity contribution in [3.63, 3.8) is 0 Å². The Morgan fingerprint density at radius 2 is 1.67 bits per heavy atom. The van der Waals surface area contributed by atoms with Crippen LogP contribution in [0.2, 0.25) is 0 Å². The zero-order valence-corrected chi connectivity index (χ0v) is 7.47. The second kappa shape index (κ2) is 5.97. The van der Waals surface area contributed by atoms with Gasteiger partial charge in [-0.1, -0.05) is 24.3 Å². The Bertz CT molecular complexity index is 213. The summed E-state index contributed by atoms with van der Waals surface area (Å²) in [6, 6.07) is 7.64. The minimum atomic E-state index is 0. The molecule has 0 amide bonds. The highest BCUT2D eigenvalue weighted by Gasteiger charge is 1.90. The molecule has 0 saturated carbocycles. The monoisotopic (exact) mass is 188 g/mol. The maximum Gasteiger partial charge on any atom is 0.0681 e. The molecule has 0 unspecified atom stereocenters. The molecule has 0 atom stereocenters. The lowest BCUT2D eigenvalue weighted by Gasteiger charge is -2.00. The number of hydrazine groups is 1. The first-order valence-corrected chi connectivity index (χ1v) is 3.49. The summed E-state index contributed by atoms with van der Waals surface area (Å²) in [5.41, 5.74) is 4.60. The van der Waals surface area contributed by atoms with Crippen LogP contribution in [0.1, 0.15) is 11.1 Å². The van der Waals surface area contributed by atoms with Gasteiger partial charge in [-0.25, -0.2) is 0 Å². The average molecular weight is 189 g/mol. The number of rotatable bonds is 3. The quantitative estimate of drug-likeness (QED) is 0.480. The van der Waals surface area contributed by atoms with E-state index in [1.807, 2.05) is 24.3 Å². The van der Waals surface area contributed by atoms with Crippen LogP contribution in [-0.4, -0.2) is 5.11 Å². The normalized spacial score (nSPS) is 9.17. The summed E-state index contributed by atoms with van der Waals surface area (Å²) in [5.74, 6) is 5.13. The fraction of sp³-hybridized carbons (Fsp3) is 0.250. The van der Waals surface area contributed by atoms with E-state index >= 15 is 0 Å². The molecular formula is C8H13ClN2O. The van der Waals surface area contributed by atoms with E-state index in [4.69, 9.17) is 10.9 Å². The van der Waals surface area contributed by atoms with Gasteiger partial charge in [0.15, 0.2) is 0 Å². The van der Waals surface area contributed by atoms with Crippen molar-refractivity contribution >= 4 is 12.4 Å². The fourth-order valence-electron chi connectivity index (χ4n) is 0.880. The van der Waals surface area contributed by atoms with Gasteiger partial charge in [0.05, 0.1) is 6.61 Å². The summed E-state index contributed by atoms with van der Waals surface area (Å²) < 4.78 is 0. The third-order valence-electron chi connectivity index (χ3n) is 1.51. The van der Waals surface area contributed by atoms with Crippen molar-refractivity contribution in [2.24, 2.45) is 5.84 Å². The Labute approximate surface area is 78.0 Å². The minimum Gasteiger partial charge on any atom is -0.392 e. The molecule has 0 aliphatic carbocycles. The third-order valence-corrected chi connectivity index (χ3v) is 1.51. The molecule has 1 aromatic rings. The second-order valence-corrected chi connectivity index (χ2v) is 2.36. The summed E-state index contributed by atoms with van der Waals surface area (Å²) in [7, 11) is 0. The molecule has 0 radical (unpaired) electrons. The van der Waals surface area contributed by atoms with E-state index in [2.05, 4.69) is 5.43 Å². The molecule has 0 aliphatic rings. The highest BCUT2D eigenvalue weighted by Crippen LogP contribution is 2.03. The Hall–Kier alpha value is -0.610. The molecule has 1 aromatic carbocycles. The molecule has 0 spiro atoms. The largest absolute Gasteiger partial charge is 0.392 e. The lowest BCUT2D eigenvalue weighted by Crippen LogP contribution is -2.20. The van der Waals surface area contributed by atoms with Crippen molar-refractivity contribution in [2.45, 2.75) is 13.2 Å². The van der Waals surface area contributed by atoms with Crippen LogP contribution < -0.4 is 11.3 Å². The predicted molar refractivity (Wildman–Crippen MR) is 50.6 cm³/mol. The fourth-order valence-corrected chi connectivity index (χ4v) is 0.880. The van der Waals surface area contributed by atoms with Crippen LogP contribution >= 0.6 is 12.4 Å². The summed E-state index contributed by atoms with van der Waals surface area (Å²) in [4.78, 5) is 0. The van der Waals surface area contributed by atoms with E-state index in [-0.39, 0.29) is 19.0 Å². The first-order valence-electron chi connectivity index (χ1n) is 3.49. The first-order chi connectivity index (χ1) is 5.36. The molecule has 3 nitrogen and oxygen atoms in total. The number of aliphatic hydroxyl groups is 1. The van der Waals surface area contributed by atoms with E-state index in [0.717, 1.165) is 11.1 Å². The smallest absolute Gasteiger partial charge is 0.0681 e. The lowest BCUT2D eigenvalue weighted by molar-refractivity contribution is 0.282. The van der Waals surface area contributed by atoms with Gasteiger partial charge in [-0.3, -0.25) is 11.3 Å². The zero-order chi connectivity index (χ0) is 8.10. The van der Waals surface area contributed by atoms with Crippen LogP contribution in [0.4, 0.5) is 0 Å². The van der Waals surface area contributed by atoms with Crippen molar-refractivity contribution in [3.8, 4) is 0 Å². The number of hydrogen-bond acceptors (Lipinski definition) is 3. The molecule has 0 fully saturated rings. The Balaban J connectivity index is 0.00000121. The summed E-state index contributed by atoms with van der Waals surface area (Å²) in [5, 5.41) is 8.72. The van der Waals surface area contributed by atoms with Crippen LogP contribution in [-0.2, 0) is 13.2 Å². The van der Waals surface area contributed by atoms with Crippen molar-refractivity contribution in [3.05, 3.63) is 35.4 Å². The molecule has 0 aliphatic heterocycles. The van der Waals surface area contributed by atoms with Gasteiger partial charge in [0.2, 0.25) is 0 Å². The molecular weight excluding hydrogens is 176 g/mol. The van der Waals surface area contributed by atoms with Crippen LogP contribution in [0.25, 0.3) is 0 Å². The number of hydrogen-bond donors (Lipinski definition) is 3. The number of benzene rings is 1. The van der Waals surface area contributed by atoms with Crippen LogP contribution in [0.5, 0.6) is 0 Å². The van der Waals surface area contributed by atoms with Crippen LogP contribution in [0.3, 0.4) is 0 Å². The van der Waals surface area contributed by atoms with Gasteiger partial charge in [0.25, 0.3) is 0 Å². The van der Waals surface area contributed by atoms with Gasteiger partial charge in [-0.2, -0.15) is 0 Å². The first kappa shape index (κ1) is 11.4. The molecule has 1 rings (SSSR count). The van der Waals surface area contributed by atoms with Gasteiger partial charge in [-0.05, 0) is 11.1 Å². The minimum absolute atomic E-state index is 0. The van der Waals surface area contributed by atoms with E-state index in [0.29, 0.717) is 6.54 Å². The number of halogens is 1. The van der Waals surface area contributed by atoms with Gasteiger partial charge in [0, 0.05) is 6.54 Å². The topological polar surface area (TPSA) is 58.3 Å². The van der Waals surface area contributed by atoms with Gasteiger partial charge in [-0.15, -0.1) is 12.4 Å². The lowest BCUT2D eigenvalue weighted by atomic mass is 10.1. The van der Waals surface area contributed by atoms with E-state index in [1.54, 1.807) is 0 Å². The molecule has 0 aromatic heterocycles. The summed E-state index contributed by atoms with van der Waals surface area (Å²) in [6.07, 6.45) is 0. The molecule has 0 heterocycles. The number of nitrogens with two attached hydrogens (primary N) is 1. The average Bonchev–Trinajstić information content (AvgIpc) is 2.07. The van der Waals surface area contributed by atoms with Crippen molar-refractivity contribution in [2.75, 3.05) is 0 Å². The Morgan fingerprint density at radius 1 is 1.17 bits per heavy atom. The standard InChI is InChI=1S/C8H12N2O.ClH/c9-10-5-7-1-3-8(6-11)4-2-7;/h1-4,10-11H,5-6,9H2;1H.